The van der Waals surface area contributed by atoms with Gasteiger partial charge in [-0.2, -0.15) is 5.10 Å². The van der Waals surface area contributed by atoms with Gasteiger partial charge < -0.3 is 15.3 Å². The lowest BCUT2D eigenvalue weighted by atomic mass is 10.0. The van der Waals surface area contributed by atoms with Crippen molar-refractivity contribution in [2.24, 2.45) is 7.05 Å². The number of piperazine rings is 1. The molecule has 1 aromatic heterocycles. The number of nitrogens with one attached hydrogen (secondary N) is 1. The first-order chi connectivity index (χ1) is 12.0. The van der Waals surface area contributed by atoms with Gasteiger partial charge in [0.25, 0.3) is 5.91 Å². The van der Waals surface area contributed by atoms with Gasteiger partial charge in [0.15, 0.2) is 0 Å². The van der Waals surface area contributed by atoms with E-state index in [9.17, 15) is 14.7 Å². The zero-order chi connectivity index (χ0) is 18.0. The summed E-state index contributed by atoms with van der Waals surface area (Å²) in [5.41, 5.74) is 3.60. The number of aryl methyl sites for hydroxylation is 1. The normalized spacial score (nSPS) is 17.5. The molecule has 132 valence electrons. The Bertz CT molecular complexity index is 782. The summed E-state index contributed by atoms with van der Waals surface area (Å²) in [6, 6.07) is 6.70. The summed E-state index contributed by atoms with van der Waals surface area (Å²) in [5, 5.41) is 16.1. The highest BCUT2D eigenvalue weighted by Crippen LogP contribution is 2.23. The van der Waals surface area contributed by atoms with Crippen molar-refractivity contribution < 1.29 is 14.7 Å². The first-order valence-corrected chi connectivity index (χ1v) is 8.31. The van der Waals surface area contributed by atoms with Crippen LogP contribution in [-0.4, -0.2) is 57.3 Å². The number of carbonyl (C=O) groups is 2. The van der Waals surface area contributed by atoms with Crippen molar-refractivity contribution in [1.82, 2.24) is 20.0 Å². The Kier molecular flexibility index (Phi) is 4.85. The number of nitrogens with zero attached hydrogens (tertiary/aromatic N) is 3. The van der Waals surface area contributed by atoms with E-state index in [1.807, 2.05) is 26.1 Å². The molecule has 2 heterocycles. The summed E-state index contributed by atoms with van der Waals surface area (Å²) < 4.78 is 1.81. The number of rotatable bonds is 4. The molecular formula is C18H22N4O3. The van der Waals surface area contributed by atoms with Gasteiger partial charge in [-0.25, -0.2) is 0 Å². The molecule has 1 aliphatic heterocycles. The fourth-order valence-electron chi connectivity index (χ4n) is 3.11. The Morgan fingerprint density at radius 1 is 1.36 bits per heavy atom. The predicted octanol–water partition coefficient (Wildman–Crippen LogP) is 0.719. The SMILES string of the molecule is Cc1c(-c2ccc(C(=O)N3CCNC(=O)[C@H]3CCO)cc2)cnn1C. The van der Waals surface area contributed by atoms with Gasteiger partial charge in [0.1, 0.15) is 6.04 Å². The summed E-state index contributed by atoms with van der Waals surface area (Å²) >= 11 is 0. The lowest BCUT2D eigenvalue weighted by Crippen LogP contribution is -2.57. The Labute approximate surface area is 146 Å². The molecular weight excluding hydrogens is 320 g/mol. The maximum atomic E-state index is 12.8. The minimum atomic E-state index is -0.619. The topological polar surface area (TPSA) is 87.5 Å². The highest BCUT2D eigenvalue weighted by atomic mass is 16.3. The summed E-state index contributed by atoms with van der Waals surface area (Å²) in [6.45, 7) is 2.73. The van der Waals surface area contributed by atoms with E-state index in [1.165, 1.54) is 0 Å². The minimum Gasteiger partial charge on any atom is -0.396 e. The van der Waals surface area contributed by atoms with Crippen molar-refractivity contribution in [3.8, 4) is 11.1 Å². The molecule has 3 rings (SSSR count). The highest BCUT2D eigenvalue weighted by Gasteiger charge is 2.32. The number of hydrogen-bond acceptors (Lipinski definition) is 4. The molecule has 7 nitrogen and oxygen atoms in total. The fourth-order valence-corrected chi connectivity index (χ4v) is 3.11. The molecule has 1 fully saturated rings. The van der Waals surface area contributed by atoms with Gasteiger partial charge in [-0.1, -0.05) is 12.1 Å². The zero-order valence-electron chi connectivity index (χ0n) is 14.4. The van der Waals surface area contributed by atoms with E-state index in [-0.39, 0.29) is 24.8 Å². The minimum absolute atomic E-state index is 0.138. The van der Waals surface area contributed by atoms with Crippen LogP contribution in [0.15, 0.2) is 30.5 Å². The second kappa shape index (κ2) is 7.06. The molecule has 25 heavy (non-hydrogen) atoms. The molecule has 1 aliphatic rings. The van der Waals surface area contributed by atoms with Gasteiger partial charge in [-0.3, -0.25) is 14.3 Å². The lowest BCUT2D eigenvalue weighted by Gasteiger charge is -2.34. The Morgan fingerprint density at radius 2 is 2.08 bits per heavy atom. The summed E-state index contributed by atoms with van der Waals surface area (Å²) in [6.07, 6.45) is 2.04. The second-order valence-electron chi connectivity index (χ2n) is 6.16. The standard InChI is InChI=1S/C18H22N4O3/c1-12-15(11-20-21(12)2)13-3-5-14(6-4-13)18(25)22-9-8-19-17(24)16(22)7-10-23/h3-6,11,16,23H,7-10H2,1-2H3,(H,19,24)/t16-/m1/s1. The second-order valence-corrected chi connectivity index (χ2v) is 6.16. The Balaban J connectivity index is 1.82. The van der Waals surface area contributed by atoms with Crippen LogP contribution in [0.1, 0.15) is 22.5 Å². The van der Waals surface area contributed by atoms with Crippen LogP contribution < -0.4 is 5.32 Å². The lowest BCUT2D eigenvalue weighted by molar-refractivity contribution is -0.128. The van der Waals surface area contributed by atoms with E-state index in [0.29, 0.717) is 18.7 Å². The van der Waals surface area contributed by atoms with Gasteiger partial charge in [0.2, 0.25) is 5.91 Å². The maximum absolute atomic E-state index is 12.8. The fraction of sp³-hybridized carbons (Fsp3) is 0.389. The van der Waals surface area contributed by atoms with Crippen LogP contribution in [-0.2, 0) is 11.8 Å². The number of aromatic nitrogens is 2. The highest BCUT2D eigenvalue weighted by molar-refractivity contribution is 5.98. The third kappa shape index (κ3) is 3.28. The van der Waals surface area contributed by atoms with Gasteiger partial charge in [0.05, 0.1) is 6.20 Å². The molecule has 0 spiro atoms. The first kappa shape index (κ1) is 17.2. The summed E-state index contributed by atoms with van der Waals surface area (Å²) in [4.78, 5) is 26.3. The molecule has 0 saturated carbocycles. The number of carbonyl (C=O) groups excluding carboxylic acids is 2. The third-order valence-corrected chi connectivity index (χ3v) is 4.67. The van der Waals surface area contributed by atoms with E-state index in [1.54, 1.807) is 27.9 Å². The van der Waals surface area contributed by atoms with Crippen molar-refractivity contribution in [3.63, 3.8) is 0 Å². The molecule has 2 amide bonds. The van der Waals surface area contributed by atoms with Crippen molar-refractivity contribution in [3.05, 3.63) is 41.7 Å². The number of aliphatic hydroxyl groups excluding tert-OH is 1. The van der Waals surface area contributed by atoms with Gasteiger partial charge >= 0.3 is 0 Å². The Hall–Kier alpha value is -2.67. The molecule has 1 atom stereocenters. The van der Waals surface area contributed by atoms with Crippen LogP contribution >= 0.6 is 0 Å². The van der Waals surface area contributed by atoms with Crippen molar-refractivity contribution in [1.29, 1.82) is 0 Å². The third-order valence-electron chi connectivity index (χ3n) is 4.67. The number of benzene rings is 1. The van der Waals surface area contributed by atoms with Crippen LogP contribution in [0.4, 0.5) is 0 Å². The van der Waals surface area contributed by atoms with Crippen LogP contribution in [0.5, 0.6) is 0 Å². The largest absolute Gasteiger partial charge is 0.396 e. The van der Waals surface area contributed by atoms with Crippen molar-refractivity contribution >= 4 is 11.8 Å². The van der Waals surface area contributed by atoms with Gasteiger partial charge in [-0.15, -0.1) is 0 Å². The molecule has 7 heteroatoms. The summed E-state index contributed by atoms with van der Waals surface area (Å²) in [5.74, 6) is -0.404. The summed E-state index contributed by atoms with van der Waals surface area (Å²) in [7, 11) is 1.89. The smallest absolute Gasteiger partial charge is 0.254 e. The first-order valence-electron chi connectivity index (χ1n) is 8.31. The number of amides is 2. The average molecular weight is 342 g/mol. The molecule has 0 aliphatic carbocycles. The van der Waals surface area contributed by atoms with Gasteiger partial charge in [0, 0.05) is 43.6 Å². The zero-order valence-corrected chi connectivity index (χ0v) is 14.4. The van der Waals surface area contributed by atoms with Crippen molar-refractivity contribution in [2.75, 3.05) is 19.7 Å². The van der Waals surface area contributed by atoms with E-state index < -0.39 is 6.04 Å². The molecule has 0 bridgehead atoms. The van der Waals surface area contributed by atoms with E-state index in [0.717, 1.165) is 16.8 Å². The van der Waals surface area contributed by atoms with Gasteiger partial charge in [-0.05, 0) is 31.0 Å². The molecule has 1 aromatic carbocycles. The van der Waals surface area contributed by atoms with Crippen LogP contribution in [0.3, 0.4) is 0 Å². The maximum Gasteiger partial charge on any atom is 0.254 e. The van der Waals surface area contributed by atoms with Crippen LogP contribution in [0, 0.1) is 6.92 Å². The van der Waals surface area contributed by atoms with Crippen molar-refractivity contribution in [2.45, 2.75) is 19.4 Å². The van der Waals surface area contributed by atoms with E-state index in [4.69, 9.17) is 0 Å². The Morgan fingerprint density at radius 3 is 2.68 bits per heavy atom. The van der Waals surface area contributed by atoms with E-state index >= 15 is 0 Å². The quantitative estimate of drug-likeness (QED) is 0.857. The predicted molar refractivity (Wildman–Crippen MR) is 92.9 cm³/mol. The number of hydrogen-bond donors (Lipinski definition) is 2. The molecule has 0 unspecified atom stereocenters. The average Bonchev–Trinajstić information content (AvgIpc) is 2.95. The molecule has 2 N–H and O–H groups in total. The molecule has 1 saturated heterocycles. The monoisotopic (exact) mass is 342 g/mol. The van der Waals surface area contributed by atoms with Crippen LogP contribution in [0.25, 0.3) is 11.1 Å². The van der Waals surface area contributed by atoms with E-state index in [2.05, 4.69) is 10.4 Å². The molecule has 2 aromatic rings. The van der Waals surface area contributed by atoms with Crippen LogP contribution in [0.2, 0.25) is 0 Å². The molecule has 0 radical (unpaired) electrons. The number of aliphatic hydroxyl groups is 1.